The van der Waals surface area contributed by atoms with Crippen molar-refractivity contribution in [3.63, 3.8) is 0 Å². The van der Waals surface area contributed by atoms with Gasteiger partial charge in [0.2, 0.25) is 0 Å². The molecule has 0 unspecified atom stereocenters. The standard InChI is InChI=1S/C7H16.C4H10/c1-4-6-7(3)5-2;1-3-4-2/h7H,4-6H2,1-3H3;3-4H2,1-2H3/t7-;/m1./s1. The highest BCUT2D eigenvalue weighted by Gasteiger charge is 1.92. The first-order valence-electron chi connectivity index (χ1n) is 5.22. The van der Waals surface area contributed by atoms with E-state index in [-0.39, 0.29) is 0 Å². The highest BCUT2D eigenvalue weighted by Crippen LogP contribution is 2.07. The van der Waals surface area contributed by atoms with Gasteiger partial charge in [-0.2, -0.15) is 0 Å². The summed E-state index contributed by atoms with van der Waals surface area (Å²) in [4.78, 5) is 0. The van der Waals surface area contributed by atoms with Gasteiger partial charge in [-0.3, -0.25) is 0 Å². The molecule has 0 aliphatic heterocycles. The zero-order valence-corrected chi connectivity index (χ0v) is 9.11. The van der Waals surface area contributed by atoms with Crippen molar-refractivity contribution in [2.75, 3.05) is 0 Å². The minimum atomic E-state index is 0.949. The van der Waals surface area contributed by atoms with E-state index in [4.69, 9.17) is 0 Å². The monoisotopic (exact) mass is 158 g/mol. The van der Waals surface area contributed by atoms with Gasteiger partial charge in [0.05, 0.1) is 0 Å². The normalized spacial score (nSPS) is 11.7. The fourth-order valence-electron chi connectivity index (χ4n) is 0.697. The second-order valence-corrected chi connectivity index (χ2v) is 3.30. The molecule has 0 spiro atoms. The van der Waals surface area contributed by atoms with E-state index in [0.29, 0.717) is 0 Å². The van der Waals surface area contributed by atoms with Crippen molar-refractivity contribution in [3.8, 4) is 0 Å². The van der Waals surface area contributed by atoms with Gasteiger partial charge in [-0.05, 0) is 5.92 Å². The number of unbranched alkanes of at least 4 members (excludes halogenated alkanes) is 1. The number of hydrogen-bond donors (Lipinski definition) is 0. The lowest BCUT2D eigenvalue weighted by Crippen LogP contribution is -1.88. The van der Waals surface area contributed by atoms with E-state index in [1.165, 1.54) is 32.1 Å². The molecule has 0 aromatic carbocycles. The summed E-state index contributed by atoms with van der Waals surface area (Å²) in [5, 5.41) is 0. The average Bonchev–Trinajstić information content (AvgIpc) is 2.05. The molecule has 0 nitrogen and oxygen atoms in total. The predicted molar refractivity (Wildman–Crippen MR) is 54.9 cm³/mol. The molecular weight excluding hydrogens is 132 g/mol. The van der Waals surface area contributed by atoms with Gasteiger partial charge in [0.25, 0.3) is 0 Å². The van der Waals surface area contributed by atoms with Crippen molar-refractivity contribution in [1.29, 1.82) is 0 Å². The zero-order valence-electron chi connectivity index (χ0n) is 9.11. The summed E-state index contributed by atoms with van der Waals surface area (Å²) < 4.78 is 0. The lowest BCUT2D eigenvalue weighted by molar-refractivity contribution is 0.509. The third-order valence-corrected chi connectivity index (χ3v) is 1.98. The summed E-state index contributed by atoms with van der Waals surface area (Å²) in [6, 6.07) is 0. The third kappa shape index (κ3) is 17.8. The smallest absolute Gasteiger partial charge is 0.0446 e. The first kappa shape index (κ1) is 13.6. The molecule has 0 rings (SSSR count). The fourth-order valence-corrected chi connectivity index (χ4v) is 0.697. The average molecular weight is 158 g/mol. The molecule has 0 aromatic heterocycles. The Morgan fingerprint density at radius 1 is 0.818 bits per heavy atom. The van der Waals surface area contributed by atoms with Crippen molar-refractivity contribution in [3.05, 3.63) is 0 Å². The largest absolute Gasteiger partial charge is 0.0654 e. The lowest BCUT2D eigenvalue weighted by Gasteiger charge is -2.02. The van der Waals surface area contributed by atoms with Gasteiger partial charge in [-0.1, -0.05) is 66.7 Å². The first-order valence-corrected chi connectivity index (χ1v) is 5.22. The van der Waals surface area contributed by atoms with Crippen molar-refractivity contribution in [2.45, 2.75) is 66.7 Å². The van der Waals surface area contributed by atoms with Gasteiger partial charge in [0.15, 0.2) is 0 Å². The summed E-state index contributed by atoms with van der Waals surface area (Å²) in [5.74, 6) is 0.949. The molecule has 0 amide bonds. The summed E-state index contributed by atoms with van der Waals surface area (Å²) in [6.45, 7) is 11.2. The quantitative estimate of drug-likeness (QED) is 0.559. The van der Waals surface area contributed by atoms with E-state index in [1.807, 2.05) is 0 Å². The van der Waals surface area contributed by atoms with Crippen LogP contribution in [0.4, 0.5) is 0 Å². The molecule has 0 heteroatoms. The summed E-state index contributed by atoms with van der Waals surface area (Å²) >= 11 is 0. The maximum Gasteiger partial charge on any atom is -0.0446 e. The Morgan fingerprint density at radius 2 is 1.27 bits per heavy atom. The molecule has 0 aliphatic carbocycles. The van der Waals surface area contributed by atoms with Crippen molar-refractivity contribution in [1.82, 2.24) is 0 Å². The van der Waals surface area contributed by atoms with Crippen LogP contribution in [-0.2, 0) is 0 Å². The molecule has 1 atom stereocenters. The Labute approximate surface area is 73.4 Å². The summed E-state index contributed by atoms with van der Waals surface area (Å²) in [7, 11) is 0. The van der Waals surface area contributed by atoms with Gasteiger partial charge in [-0.25, -0.2) is 0 Å². The van der Waals surface area contributed by atoms with E-state index in [0.717, 1.165) is 5.92 Å². The molecule has 0 saturated carbocycles. The molecule has 0 fully saturated rings. The van der Waals surface area contributed by atoms with E-state index >= 15 is 0 Å². The molecule has 0 aromatic rings. The molecule has 70 valence electrons. The van der Waals surface area contributed by atoms with Crippen LogP contribution in [0.2, 0.25) is 0 Å². The highest BCUT2D eigenvalue weighted by molar-refractivity contribution is 4.45. The second kappa shape index (κ2) is 12.7. The van der Waals surface area contributed by atoms with Gasteiger partial charge in [-0.15, -0.1) is 0 Å². The topological polar surface area (TPSA) is 0 Å². The molecule has 0 bridgehead atoms. The van der Waals surface area contributed by atoms with Gasteiger partial charge >= 0.3 is 0 Å². The van der Waals surface area contributed by atoms with Gasteiger partial charge in [0, 0.05) is 0 Å². The minimum Gasteiger partial charge on any atom is -0.0654 e. The van der Waals surface area contributed by atoms with E-state index in [1.54, 1.807) is 0 Å². The maximum absolute atomic E-state index is 2.31. The Balaban J connectivity index is 0. The van der Waals surface area contributed by atoms with Crippen molar-refractivity contribution >= 4 is 0 Å². The Bertz CT molecular complexity index is 46.0. The maximum atomic E-state index is 2.31. The predicted octanol–water partition coefficient (Wildman–Crippen LogP) is 4.64. The van der Waals surface area contributed by atoms with Crippen LogP contribution in [0.15, 0.2) is 0 Å². The van der Waals surface area contributed by atoms with Gasteiger partial charge in [0.1, 0.15) is 0 Å². The SMILES string of the molecule is CCCC.CCC[C@H](C)CC. The summed E-state index contributed by atoms with van der Waals surface area (Å²) in [5.41, 5.74) is 0. The van der Waals surface area contributed by atoms with Crippen LogP contribution < -0.4 is 0 Å². The van der Waals surface area contributed by atoms with Crippen LogP contribution in [-0.4, -0.2) is 0 Å². The van der Waals surface area contributed by atoms with Crippen LogP contribution in [0.1, 0.15) is 66.7 Å². The van der Waals surface area contributed by atoms with Crippen LogP contribution in [0, 0.1) is 5.92 Å². The summed E-state index contributed by atoms with van der Waals surface area (Å²) in [6.07, 6.45) is 6.72. The Kier molecular flexibility index (Phi) is 15.6. The minimum absolute atomic E-state index is 0.949. The highest BCUT2D eigenvalue weighted by atomic mass is 14.0. The van der Waals surface area contributed by atoms with Crippen LogP contribution in [0.5, 0.6) is 0 Å². The molecular formula is C11H26. The molecule has 0 aliphatic rings. The first-order chi connectivity index (χ1) is 5.22. The Morgan fingerprint density at radius 3 is 1.36 bits per heavy atom. The molecule has 11 heavy (non-hydrogen) atoms. The fraction of sp³-hybridized carbons (Fsp3) is 1.00. The second-order valence-electron chi connectivity index (χ2n) is 3.30. The van der Waals surface area contributed by atoms with Crippen molar-refractivity contribution < 1.29 is 0 Å². The van der Waals surface area contributed by atoms with Crippen LogP contribution >= 0.6 is 0 Å². The third-order valence-electron chi connectivity index (χ3n) is 1.98. The number of rotatable bonds is 4. The molecule has 0 N–H and O–H groups in total. The van der Waals surface area contributed by atoms with Gasteiger partial charge < -0.3 is 0 Å². The van der Waals surface area contributed by atoms with Crippen LogP contribution in [0.25, 0.3) is 0 Å². The van der Waals surface area contributed by atoms with E-state index in [2.05, 4.69) is 34.6 Å². The molecule has 0 saturated heterocycles. The Hall–Kier alpha value is 0. The van der Waals surface area contributed by atoms with E-state index < -0.39 is 0 Å². The van der Waals surface area contributed by atoms with Crippen molar-refractivity contribution in [2.24, 2.45) is 5.92 Å². The molecule has 0 radical (unpaired) electrons. The zero-order chi connectivity index (χ0) is 9.11. The lowest BCUT2D eigenvalue weighted by atomic mass is 10.0. The van der Waals surface area contributed by atoms with E-state index in [9.17, 15) is 0 Å². The molecule has 0 heterocycles. The van der Waals surface area contributed by atoms with Crippen LogP contribution in [0.3, 0.4) is 0 Å². The number of hydrogen-bond acceptors (Lipinski definition) is 0.